The lowest BCUT2D eigenvalue weighted by Gasteiger charge is -2.49. The zero-order valence-corrected chi connectivity index (χ0v) is 12.3. The number of carbonyl (C=O) groups excluding carboxylic acids is 1. The first kappa shape index (κ1) is 16.4. The number of hydrogen-bond acceptors (Lipinski definition) is 3. The molecule has 1 fully saturated rings. The fourth-order valence-corrected chi connectivity index (χ4v) is 2.60. The lowest BCUT2D eigenvalue weighted by molar-refractivity contribution is -0.164. The van der Waals surface area contributed by atoms with Crippen LogP contribution in [0.3, 0.4) is 0 Å². The third-order valence-corrected chi connectivity index (χ3v) is 3.89. The molecule has 0 aromatic rings. The minimum absolute atomic E-state index is 0.0453. The number of amides is 1. The number of nitrogens with zero attached hydrogens (tertiary/aromatic N) is 1. The molecule has 0 bridgehead atoms. The van der Waals surface area contributed by atoms with E-state index in [1.165, 1.54) is 4.90 Å². The summed E-state index contributed by atoms with van der Waals surface area (Å²) in [6, 6.07) is -0.317. The number of rotatable bonds is 7. The SMILES string of the molecule is C=CC[C@@H]1[C@@H](C(O)CC)C(=O)N1C(C(=O)O)=C(C)CC. The highest BCUT2D eigenvalue weighted by Gasteiger charge is 2.52. The fraction of sp³-hybridized carbons (Fsp3) is 0.600. The van der Waals surface area contributed by atoms with E-state index >= 15 is 0 Å². The number of carboxylic acid groups (broad SMARTS) is 1. The van der Waals surface area contributed by atoms with E-state index in [0.717, 1.165) is 0 Å². The number of aliphatic carboxylic acids is 1. The topological polar surface area (TPSA) is 77.8 Å². The molecule has 20 heavy (non-hydrogen) atoms. The molecule has 1 saturated heterocycles. The maximum Gasteiger partial charge on any atom is 0.352 e. The molecule has 1 unspecified atom stereocenters. The van der Waals surface area contributed by atoms with Crippen molar-refractivity contribution < 1.29 is 19.8 Å². The molecule has 1 rings (SSSR count). The van der Waals surface area contributed by atoms with Gasteiger partial charge >= 0.3 is 5.97 Å². The van der Waals surface area contributed by atoms with Crippen LogP contribution in [0.2, 0.25) is 0 Å². The number of carbonyl (C=O) groups is 2. The number of β-lactam (4-membered cyclic amide) rings is 1. The summed E-state index contributed by atoms with van der Waals surface area (Å²) in [5, 5.41) is 19.3. The molecule has 0 aliphatic carbocycles. The zero-order chi connectivity index (χ0) is 15.4. The third kappa shape index (κ3) is 2.77. The van der Waals surface area contributed by atoms with E-state index in [4.69, 9.17) is 0 Å². The average Bonchev–Trinajstić information content (AvgIpc) is 2.42. The molecule has 5 nitrogen and oxygen atoms in total. The lowest BCUT2D eigenvalue weighted by Crippen LogP contribution is -2.64. The molecule has 5 heteroatoms. The van der Waals surface area contributed by atoms with Crippen molar-refractivity contribution in [1.29, 1.82) is 0 Å². The van der Waals surface area contributed by atoms with Gasteiger partial charge in [0, 0.05) is 0 Å². The van der Waals surface area contributed by atoms with Gasteiger partial charge in [0.15, 0.2) is 0 Å². The van der Waals surface area contributed by atoms with E-state index in [-0.39, 0.29) is 17.6 Å². The zero-order valence-electron chi connectivity index (χ0n) is 12.3. The maximum atomic E-state index is 12.2. The highest BCUT2D eigenvalue weighted by atomic mass is 16.4. The van der Waals surface area contributed by atoms with Crippen molar-refractivity contribution in [2.45, 2.75) is 52.2 Å². The number of aliphatic hydroxyl groups excluding tert-OH is 1. The normalized spacial score (nSPS) is 24.8. The van der Waals surface area contributed by atoms with Gasteiger partial charge < -0.3 is 15.1 Å². The number of allylic oxidation sites excluding steroid dienone is 1. The van der Waals surface area contributed by atoms with Crippen molar-refractivity contribution in [1.82, 2.24) is 4.90 Å². The summed E-state index contributed by atoms with van der Waals surface area (Å²) < 4.78 is 0. The Kier molecular flexibility index (Phi) is 5.51. The first-order chi connectivity index (χ1) is 9.40. The Hall–Kier alpha value is -1.62. The van der Waals surface area contributed by atoms with E-state index in [1.54, 1.807) is 19.9 Å². The van der Waals surface area contributed by atoms with E-state index < -0.39 is 18.0 Å². The van der Waals surface area contributed by atoms with Crippen LogP contribution >= 0.6 is 0 Å². The lowest BCUT2D eigenvalue weighted by atomic mass is 9.79. The summed E-state index contributed by atoms with van der Waals surface area (Å²) in [5.41, 5.74) is 0.702. The predicted octanol–water partition coefficient (Wildman–Crippen LogP) is 1.93. The third-order valence-electron chi connectivity index (χ3n) is 3.89. The van der Waals surface area contributed by atoms with Gasteiger partial charge in [-0.1, -0.05) is 19.9 Å². The second-order valence-corrected chi connectivity index (χ2v) is 5.09. The van der Waals surface area contributed by atoms with Gasteiger partial charge in [-0.3, -0.25) is 4.79 Å². The molecule has 1 amide bonds. The molecule has 1 heterocycles. The molecule has 1 aliphatic rings. The van der Waals surface area contributed by atoms with Crippen molar-refractivity contribution in [3.8, 4) is 0 Å². The number of likely N-dealkylation sites (tertiary alicyclic amines) is 1. The maximum absolute atomic E-state index is 12.2. The monoisotopic (exact) mass is 281 g/mol. The molecular weight excluding hydrogens is 258 g/mol. The minimum Gasteiger partial charge on any atom is -0.477 e. The van der Waals surface area contributed by atoms with Crippen LogP contribution in [-0.4, -0.2) is 39.1 Å². The molecule has 0 aromatic heterocycles. The van der Waals surface area contributed by atoms with Gasteiger partial charge in [-0.15, -0.1) is 6.58 Å². The van der Waals surface area contributed by atoms with Crippen LogP contribution in [0, 0.1) is 5.92 Å². The van der Waals surface area contributed by atoms with E-state index in [2.05, 4.69) is 6.58 Å². The summed E-state index contributed by atoms with van der Waals surface area (Å²) in [6.07, 6.45) is 2.42. The summed E-state index contributed by atoms with van der Waals surface area (Å²) in [5.74, 6) is -1.94. The molecule has 1 aliphatic heterocycles. The van der Waals surface area contributed by atoms with E-state index in [1.807, 2.05) is 6.92 Å². The first-order valence-corrected chi connectivity index (χ1v) is 6.95. The van der Waals surface area contributed by atoms with Crippen LogP contribution in [0.4, 0.5) is 0 Å². The van der Waals surface area contributed by atoms with Crippen molar-refractivity contribution in [2.24, 2.45) is 5.92 Å². The van der Waals surface area contributed by atoms with Crippen LogP contribution in [-0.2, 0) is 9.59 Å². The molecule has 3 atom stereocenters. The van der Waals surface area contributed by atoms with Crippen LogP contribution in [0.25, 0.3) is 0 Å². The van der Waals surface area contributed by atoms with Crippen molar-refractivity contribution >= 4 is 11.9 Å². The number of carboxylic acids is 1. The van der Waals surface area contributed by atoms with Gasteiger partial charge in [-0.2, -0.15) is 0 Å². The predicted molar refractivity (Wildman–Crippen MR) is 75.9 cm³/mol. The molecule has 112 valence electrons. The quantitative estimate of drug-likeness (QED) is 0.424. The molecule has 0 saturated carbocycles. The van der Waals surface area contributed by atoms with Crippen LogP contribution in [0.15, 0.2) is 23.9 Å². The Morgan fingerprint density at radius 3 is 2.50 bits per heavy atom. The van der Waals surface area contributed by atoms with E-state index in [0.29, 0.717) is 24.8 Å². The van der Waals surface area contributed by atoms with Gasteiger partial charge in [0.05, 0.1) is 18.1 Å². The van der Waals surface area contributed by atoms with Crippen molar-refractivity contribution in [3.63, 3.8) is 0 Å². The summed E-state index contributed by atoms with van der Waals surface area (Å²) >= 11 is 0. The Bertz CT molecular complexity index is 441. The van der Waals surface area contributed by atoms with Crippen LogP contribution in [0.1, 0.15) is 40.0 Å². The Morgan fingerprint density at radius 2 is 2.10 bits per heavy atom. The Labute approximate surface area is 119 Å². The molecular formula is C15H23NO4. The average molecular weight is 281 g/mol. The molecule has 0 radical (unpaired) electrons. The minimum atomic E-state index is -1.10. The first-order valence-electron chi connectivity index (χ1n) is 6.95. The molecule has 0 aromatic carbocycles. The van der Waals surface area contributed by atoms with E-state index in [9.17, 15) is 19.8 Å². The van der Waals surface area contributed by atoms with Gasteiger partial charge in [0.2, 0.25) is 5.91 Å². The highest BCUT2D eigenvalue weighted by molar-refractivity contribution is 5.98. The second-order valence-electron chi connectivity index (χ2n) is 5.09. The van der Waals surface area contributed by atoms with Gasteiger partial charge in [-0.25, -0.2) is 4.79 Å². The van der Waals surface area contributed by atoms with Gasteiger partial charge in [-0.05, 0) is 31.8 Å². The summed E-state index contributed by atoms with van der Waals surface area (Å²) in [7, 11) is 0. The van der Waals surface area contributed by atoms with Crippen molar-refractivity contribution in [3.05, 3.63) is 23.9 Å². The standard InChI is InChI=1S/C15H23NO4/c1-5-8-10-12(11(17)7-3)14(18)16(10)13(15(19)20)9(4)6-2/h5,10-12,17H,1,6-8H2,2-4H3,(H,19,20)/t10-,11?,12+/m1/s1. The fourth-order valence-electron chi connectivity index (χ4n) is 2.60. The number of aliphatic hydroxyl groups is 1. The van der Waals surface area contributed by atoms with Crippen molar-refractivity contribution in [2.75, 3.05) is 0 Å². The smallest absolute Gasteiger partial charge is 0.352 e. The van der Waals surface area contributed by atoms with Gasteiger partial charge in [0.25, 0.3) is 0 Å². The summed E-state index contributed by atoms with van der Waals surface area (Å²) in [4.78, 5) is 25.0. The second kappa shape index (κ2) is 6.70. The van der Waals surface area contributed by atoms with Crippen LogP contribution < -0.4 is 0 Å². The van der Waals surface area contributed by atoms with Crippen LogP contribution in [0.5, 0.6) is 0 Å². The Morgan fingerprint density at radius 1 is 1.50 bits per heavy atom. The molecule has 0 spiro atoms. The van der Waals surface area contributed by atoms with Gasteiger partial charge in [0.1, 0.15) is 5.70 Å². The Balaban J connectivity index is 3.14. The highest BCUT2D eigenvalue weighted by Crippen LogP contribution is 2.37. The summed E-state index contributed by atoms with van der Waals surface area (Å²) in [6.45, 7) is 9.01. The number of hydrogen-bond donors (Lipinski definition) is 2. The largest absolute Gasteiger partial charge is 0.477 e. The molecule has 2 N–H and O–H groups in total.